The number of nitrogens with one attached hydrogen (secondary N) is 1. The van der Waals surface area contributed by atoms with Crippen LogP contribution >= 0.6 is 0 Å². The van der Waals surface area contributed by atoms with E-state index in [1.807, 2.05) is 61.8 Å². The van der Waals surface area contributed by atoms with Crippen molar-refractivity contribution in [2.45, 2.75) is 101 Å². The third-order valence-electron chi connectivity index (χ3n) is 11.6. The van der Waals surface area contributed by atoms with Crippen molar-refractivity contribution in [1.29, 1.82) is 0 Å². The van der Waals surface area contributed by atoms with Crippen molar-refractivity contribution in [3.05, 3.63) is 107 Å². The monoisotopic (exact) mass is 900 g/mol. The average Bonchev–Trinajstić information content (AvgIpc) is 3.51. The smallest absolute Gasteiger partial charge is 0.294 e. The van der Waals surface area contributed by atoms with Gasteiger partial charge in [-0.3, -0.25) is 18.5 Å². The van der Waals surface area contributed by atoms with Crippen LogP contribution in [0.25, 0.3) is 0 Å². The summed E-state index contributed by atoms with van der Waals surface area (Å²) in [7, 11) is -12.9. The number of amides is 1. The molecular formula is C44H58N3O11S3+. The van der Waals surface area contributed by atoms with Crippen LogP contribution in [0.3, 0.4) is 0 Å². The first-order valence-electron chi connectivity index (χ1n) is 20.5. The molecule has 14 nitrogen and oxygen atoms in total. The fourth-order valence-corrected chi connectivity index (χ4v) is 10.0. The lowest BCUT2D eigenvalue weighted by molar-refractivity contribution is -0.437. The number of anilines is 1. The van der Waals surface area contributed by atoms with Crippen LogP contribution in [0.5, 0.6) is 5.75 Å². The van der Waals surface area contributed by atoms with E-state index < -0.39 is 46.9 Å². The quantitative estimate of drug-likeness (QED) is 0.0424. The number of aryl methyl sites for hydroxylation is 1. The topological polar surface area (TPSA) is 219 Å². The molecule has 1 amide bonds. The lowest BCUT2D eigenvalue weighted by Crippen LogP contribution is -2.30. The van der Waals surface area contributed by atoms with Gasteiger partial charge in [0, 0.05) is 60.4 Å². The van der Waals surface area contributed by atoms with E-state index in [0.29, 0.717) is 56.4 Å². The lowest BCUT2D eigenvalue weighted by Gasteiger charge is -2.30. The van der Waals surface area contributed by atoms with E-state index in [-0.39, 0.29) is 41.7 Å². The third kappa shape index (κ3) is 12.4. The van der Waals surface area contributed by atoms with E-state index in [4.69, 9.17) is 0 Å². The highest BCUT2D eigenvalue weighted by atomic mass is 32.2. The molecule has 0 saturated heterocycles. The fourth-order valence-electron chi connectivity index (χ4n) is 8.45. The Bertz CT molecular complexity index is 2530. The summed E-state index contributed by atoms with van der Waals surface area (Å²) in [5.41, 5.74) is 5.75. The Morgan fingerprint density at radius 3 is 2.16 bits per heavy atom. The normalized spacial score (nSPS) is 18.3. The summed E-state index contributed by atoms with van der Waals surface area (Å²) in [6.07, 6.45) is 10.5. The van der Waals surface area contributed by atoms with E-state index in [0.717, 1.165) is 46.6 Å². The second-order valence-corrected chi connectivity index (χ2v) is 21.3. The number of phenols is 1. The predicted octanol–water partition coefficient (Wildman–Crippen LogP) is 6.80. The molecule has 0 saturated carbocycles. The number of phenolic OH excluding ortho intramolecular Hbond substituents is 1. The number of unbranched alkanes of at least 4 members (excludes halogenated alkanes) is 3. The zero-order valence-corrected chi connectivity index (χ0v) is 37.6. The Balaban J connectivity index is 1.42. The number of hydrogen-bond donors (Lipinski definition) is 5. The number of allylic oxidation sites excluding steroid dienone is 4. The molecule has 2 heterocycles. The SMILES string of the molecule is Cc1ccc2c(c1)C(C)(CCCCS(=O)(=O)O)C(=CC=CC1=[N+](CCCS(=O)(=O)O)c3ccc(S(=O)(=O)O)cc3C1(C)C)N2CCCCCC(=O)NCCc1ccc(O)cc1. The van der Waals surface area contributed by atoms with Gasteiger partial charge in [-0.05, 0) is 107 Å². The van der Waals surface area contributed by atoms with Crippen LogP contribution in [0.2, 0.25) is 0 Å². The first kappa shape index (κ1) is 47.7. The number of aromatic hydroxyl groups is 1. The van der Waals surface area contributed by atoms with Crippen LogP contribution in [-0.4, -0.2) is 91.4 Å². The Hall–Kier alpha value is -4.39. The first-order valence-corrected chi connectivity index (χ1v) is 25.1. The molecule has 0 fully saturated rings. The van der Waals surface area contributed by atoms with Gasteiger partial charge in [0.05, 0.1) is 21.8 Å². The van der Waals surface area contributed by atoms with Gasteiger partial charge >= 0.3 is 0 Å². The number of rotatable bonds is 21. The minimum atomic E-state index is -4.52. The maximum absolute atomic E-state index is 12.6. The van der Waals surface area contributed by atoms with Gasteiger partial charge in [-0.1, -0.05) is 48.7 Å². The Morgan fingerprint density at radius 2 is 1.49 bits per heavy atom. The summed E-state index contributed by atoms with van der Waals surface area (Å²) >= 11 is 0. The molecule has 2 aliphatic heterocycles. The molecule has 3 aromatic rings. The molecule has 332 valence electrons. The van der Waals surface area contributed by atoms with E-state index >= 15 is 0 Å². The third-order valence-corrected chi connectivity index (χ3v) is 14.1. The molecule has 0 bridgehead atoms. The molecule has 0 aliphatic carbocycles. The second-order valence-electron chi connectivity index (χ2n) is 16.7. The molecule has 0 spiro atoms. The Kier molecular flexibility index (Phi) is 15.1. The van der Waals surface area contributed by atoms with Gasteiger partial charge in [-0.25, -0.2) is 0 Å². The number of fused-ring (bicyclic) bond motifs is 2. The van der Waals surface area contributed by atoms with Gasteiger partial charge < -0.3 is 15.3 Å². The van der Waals surface area contributed by atoms with Gasteiger partial charge in [0.25, 0.3) is 30.4 Å². The Labute approximate surface area is 360 Å². The maximum Gasteiger partial charge on any atom is 0.294 e. The highest BCUT2D eigenvalue weighted by Gasteiger charge is 2.46. The highest BCUT2D eigenvalue weighted by Crippen LogP contribution is 2.51. The molecule has 1 unspecified atom stereocenters. The summed E-state index contributed by atoms with van der Waals surface area (Å²) in [6, 6.07) is 17.5. The van der Waals surface area contributed by atoms with E-state index in [2.05, 4.69) is 29.3 Å². The number of carbonyl (C=O) groups excluding carboxylic acids is 1. The maximum atomic E-state index is 12.6. The molecule has 5 N–H and O–H groups in total. The van der Waals surface area contributed by atoms with Crippen molar-refractivity contribution < 1.29 is 53.4 Å². The molecule has 0 radical (unpaired) electrons. The van der Waals surface area contributed by atoms with Crippen molar-refractivity contribution in [2.24, 2.45) is 0 Å². The van der Waals surface area contributed by atoms with Crippen molar-refractivity contribution in [2.75, 3.05) is 36.0 Å². The van der Waals surface area contributed by atoms with Crippen LogP contribution in [-0.2, 0) is 52.4 Å². The number of hydrogen-bond acceptors (Lipinski definition) is 9. The first-order chi connectivity index (χ1) is 28.5. The molecule has 3 aromatic carbocycles. The summed E-state index contributed by atoms with van der Waals surface area (Å²) in [4.78, 5) is 14.6. The Morgan fingerprint density at radius 1 is 0.803 bits per heavy atom. The van der Waals surface area contributed by atoms with Crippen molar-refractivity contribution in [1.82, 2.24) is 5.32 Å². The molecule has 5 rings (SSSR count). The number of benzene rings is 3. The van der Waals surface area contributed by atoms with Gasteiger partial charge in [0.1, 0.15) is 12.3 Å². The average molecular weight is 901 g/mol. The zero-order valence-electron chi connectivity index (χ0n) is 35.2. The molecule has 2 aliphatic rings. The molecule has 61 heavy (non-hydrogen) atoms. The van der Waals surface area contributed by atoms with Crippen LogP contribution in [0.4, 0.5) is 11.4 Å². The fraction of sp³-hybridized carbons (Fsp3) is 0.455. The van der Waals surface area contributed by atoms with Gasteiger partial charge in [0.15, 0.2) is 5.71 Å². The summed E-state index contributed by atoms with van der Waals surface area (Å²) in [5.74, 6) is -0.658. The molecular weight excluding hydrogens is 843 g/mol. The van der Waals surface area contributed by atoms with Crippen LogP contribution in [0.1, 0.15) is 94.4 Å². The molecule has 0 aromatic heterocycles. The largest absolute Gasteiger partial charge is 0.508 e. The van der Waals surface area contributed by atoms with Crippen LogP contribution < -0.4 is 10.2 Å². The number of nitrogens with zero attached hydrogens (tertiary/aromatic N) is 2. The van der Waals surface area contributed by atoms with Crippen LogP contribution in [0, 0.1) is 6.92 Å². The van der Waals surface area contributed by atoms with E-state index in [1.165, 1.54) is 12.1 Å². The lowest BCUT2D eigenvalue weighted by atomic mass is 9.76. The van der Waals surface area contributed by atoms with Crippen molar-refractivity contribution in [3.8, 4) is 5.75 Å². The molecule has 1 atom stereocenters. The van der Waals surface area contributed by atoms with Crippen LogP contribution in [0.15, 0.2) is 89.5 Å². The molecule has 17 heteroatoms. The summed E-state index contributed by atoms with van der Waals surface area (Å²) in [5, 5.41) is 12.5. The van der Waals surface area contributed by atoms with Crippen molar-refractivity contribution in [3.63, 3.8) is 0 Å². The number of carbonyl (C=O) groups is 1. The summed E-state index contributed by atoms with van der Waals surface area (Å²) in [6.45, 7) is 9.27. The summed E-state index contributed by atoms with van der Waals surface area (Å²) < 4.78 is 102. The predicted molar refractivity (Wildman–Crippen MR) is 237 cm³/mol. The van der Waals surface area contributed by atoms with Gasteiger partial charge in [0.2, 0.25) is 11.6 Å². The van der Waals surface area contributed by atoms with Crippen molar-refractivity contribution >= 4 is 53.3 Å². The highest BCUT2D eigenvalue weighted by molar-refractivity contribution is 7.86. The zero-order chi connectivity index (χ0) is 44.8. The van der Waals surface area contributed by atoms with Gasteiger partial charge in [-0.2, -0.15) is 29.8 Å². The minimum absolute atomic E-state index is 0.0281. The standard InChI is InChI=1S/C44H57N3O11S3/c1-32-15-21-39-37(30-32)44(4,24-7-9-28-59(50,51)52)41(47(39)26-8-5-6-14-42(49)45-25-23-33-16-18-34(48)19-17-33)13-10-12-40-43(2,3)36-31-35(61(56,57)58)20-22-38(36)46(40)27-11-29-60(53,54)55/h10,12-13,15-22,30-31H,5-9,11,14,23-29H2,1-4H3,(H4-,45,48,49,50,51,52,53,54,55,56,57,58)/p+1. The van der Waals surface area contributed by atoms with E-state index in [1.54, 1.807) is 18.2 Å². The minimum Gasteiger partial charge on any atom is -0.508 e. The van der Waals surface area contributed by atoms with Gasteiger partial charge in [-0.15, -0.1) is 0 Å². The second kappa shape index (κ2) is 19.3. The van der Waals surface area contributed by atoms with E-state index in [9.17, 15) is 48.8 Å².